The van der Waals surface area contributed by atoms with Crippen LogP contribution < -0.4 is 0 Å². The summed E-state index contributed by atoms with van der Waals surface area (Å²) in [5.74, 6) is -0.434. The molecule has 1 atom stereocenters. The summed E-state index contributed by atoms with van der Waals surface area (Å²) >= 11 is 3.29. The molecule has 1 heterocycles. The molecule has 0 bridgehead atoms. The lowest BCUT2D eigenvalue weighted by Gasteiger charge is -2.35. The maximum absolute atomic E-state index is 13.8. The first-order valence-corrected chi connectivity index (χ1v) is 10.5. The van der Waals surface area contributed by atoms with E-state index in [0.717, 1.165) is 0 Å². The molecule has 3 rings (SSSR count). The van der Waals surface area contributed by atoms with E-state index in [4.69, 9.17) is 0 Å². The van der Waals surface area contributed by atoms with Crippen LogP contribution in [0.3, 0.4) is 0 Å². The number of hydrogen-bond acceptors (Lipinski definition) is 4. The summed E-state index contributed by atoms with van der Waals surface area (Å²) < 4.78 is 41.4. The third-order valence-corrected chi connectivity index (χ3v) is 6.85. The molecule has 1 aliphatic rings. The minimum atomic E-state index is -3.54. The van der Waals surface area contributed by atoms with Crippen LogP contribution in [0.4, 0.5) is 4.39 Å². The molecular formula is C18H20BrFN2O3S. The fourth-order valence-electron chi connectivity index (χ4n) is 3.02. The van der Waals surface area contributed by atoms with Crippen LogP contribution in [-0.4, -0.2) is 55.5 Å². The molecule has 1 aliphatic heterocycles. The van der Waals surface area contributed by atoms with Crippen LogP contribution in [0.5, 0.6) is 0 Å². The first-order valence-electron chi connectivity index (χ1n) is 8.28. The predicted molar refractivity (Wildman–Crippen MR) is 101 cm³/mol. The molecule has 0 amide bonds. The molecule has 1 saturated heterocycles. The molecule has 0 saturated carbocycles. The Balaban J connectivity index is 1.61. The van der Waals surface area contributed by atoms with Crippen molar-refractivity contribution in [3.05, 3.63) is 64.4 Å². The lowest BCUT2D eigenvalue weighted by Crippen LogP contribution is -2.49. The van der Waals surface area contributed by atoms with E-state index in [1.807, 2.05) is 4.90 Å². The molecule has 2 aromatic rings. The second-order valence-electron chi connectivity index (χ2n) is 6.20. The highest BCUT2D eigenvalue weighted by molar-refractivity contribution is 9.10. The Morgan fingerprint density at radius 3 is 2.42 bits per heavy atom. The van der Waals surface area contributed by atoms with Gasteiger partial charge in [-0.3, -0.25) is 4.90 Å². The second-order valence-corrected chi connectivity index (χ2v) is 9.05. The number of piperazine rings is 1. The van der Waals surface area contributed by atoms with Gasteiger partial charge >= 0.3 is 0 Å². The zero-order valence-electron chi connectivity index (χ0n) is 14.1. The first-order chi connectivity index (χ1) is 12.4. The van der Waals surface area contributed by atoms with Crippen molar-refractivity contribution < 1.29 is 17.9 Å². The van der Waals surface area contributed by atoms with Gasteiger partial charge in [0.1, 0.15) is 5.82 Å². The second kappa shape index (κ2) is 8.14. The molecule has 0 aromatic heterocycles. The Hall–Kier alpha value is -1.32. The summed E-state index contributed by atoms with van der Waals surface area (Å²) in [5.41, 5.74) is 0.261. The third kappa shape index (κ3) is 4.32. The standard InChI is InChI=1S/C18H20BrFN2O3S/c19-14-4-3-5-15(12-14)26(24,25)22-10-8-21(9-11-22)13-18(23)16-6-1-2-7-17(16)20/h1-7,12,18,23H,8-11,13H2/t18-/m1/s1. The molecule has 8 heteroatoms. The molecule has 0 spiro atoms. The van der Waals surface area contributed by atoms with Gasteiger partial charge in [-0.25, -0.2) is 12.8 Å². The van der Waals surface area contributed by atoms with Gasteiger partial charge in [-0.1, -0.05) is 40.2 Å². The molecule has 0 radical (unpaired) electrons. The Labute approximate surface area is 161 Å². The summed E-state index contributed by atoms with van der Waals surface area (Å²) in [6, 6.07) is 12.8. The van der Waals surface area contributed by atoms with E-state index in [0.29, 0.717) is 30.7 Å². The molecule has 0 aliphatic carbocycles. The summed E-state index contributed by atoms with van der Waals surface area (Å²) in [7, 11) is -3.54. The number of rotatable bonds is 5. The molecule has 2 aromatic carbocycles. The number of halogens is 2. The highest BCUT2D eigenvalue weighted by Gasteiger charge is 2.29. The number of nitrogens with zero attached hydrogens (tertiary/aromatic N) is 2. The van der Waals surface area contributed by atoms with Crippen molar-refractivity contribution in [1.82, 2.24) is 9.21 Å². The first kappa shape index (κ1) is 19.4. The maximum atomic E-state index is 13.8. The van der Waals surface area contributed by atoms with Crippen molar-refractivity contribution in [2.24, 2.45) is 0 Å². The Bertz CT molecular complexity index is 870. The molecule has 26 heavy (non-hydrogen) atoms. The van der Waals surface area contributed by atoms with Crippen molar-refractivity contribution in [2.45, 2.75) is 11.0 Å². The van der Waals surface area contributed by atoms with E-state index >= 15 is 0 Å². The zero-order chi connectivity index (χ0) is 18.7. The van der Waals surface area contributed by atoms with Gasteiger partial charge in [-0.05, 0) is 24.3 Å². The van der Waals surface area contributed by atoms with Gasteiger partial charge in [0.15, 0.2) is 0 Å². The topological polar surface area (TPSA) is 60.9 Å². The molecule has 1 N–H and O–H groups in total. The quantitative estimate of drug-likeness (QED) is 0.772. The van der Waals surface area contributed by atoms with Gasteiger partial charge in [0, 0.05) is 42.8 Å². The highest BCUT2D eigenvalue weighted by atomic mass is 79.9. The minimum Gasteiger partial charge on any atom is -0.387 e. The molecule has 140 valence electrons. The number of aliphatic hydroxyl groups is 1. The van der Waals surface area contributed by atoms with Crippen molar-refractivity contribution in [2.75, 3.05) is 32.7 Å². The van der Waals surface area contributed by atoms with Gasteiger partial charge in [-0.2, -0.15) is 4.31 Å². The van der Waals surface area contributed by atoms with Crippen LogP contribution in [0.2, 0.25) is 0 Å². The minimum absolute atomic E-state index is 0.256. The van der Waals surface area contributed by atoms with Crippen LogP contribution in [0.1, 0.15) is 11.7 Å². The summed E-state index contributed by atoms with van der Waals surface area (Å²) in [6.45, 7) is 1.90. The predicted octanol–water partition coefficient (Wildman–Crippen LogP) is 2.63. The molecule has 5 nitrogen and oxygen atoms in total. The largest absolute Gasteiger partial charge is 0.387 e. The van der Waals surface area contributed by atoms with Crippen LogP contribution in [0.15, 0.2) is 57.9 Å². The fraction of sp³-hybridized carbons (Fsp3) is 0.333. The average molecular weight is 443 g/mol. The number of benzene rings is 2. The molecule has 0 unspecified atom stereocenters. The monoisotopic (exact) mass is 442 g/mol. The Kier molecular flexibility index (Phi) is 6.09. The zero-order valence-corrected chi connectivity index (χ0v) is 16.5. The fourth-order valence-corrected chi connectivity index (χ4v) is 5.04. The van der Waals surface area contributed by atoms with Gasteiger partial charge < -0.3 is 5.11 Å². The van der Waals surface area contributed by atoms with Crippen LogP contribution >= 0.6 is 15.9 Å². The van der Waals surface area contributed by atoms with Crippen molar-refractivity contribution in [3.63, 3.8) is 0 Å². The van der Waals surface area contributed by atoms with Gasteiger partial charge in [0.2, 0.25) is 10.0 Å². The van der Waals surface area contributed by atoms with E-state index in [1.54, 1.807) is 42.5 Å². The van der Waals surface area contributed by atoms with Crippen molar-refractivity contribution in [1.29, 1.82) is 0 Å². The Morgan fingerprint density at radius 2 is 1.77 bits per heavy atom. The van der Waals surface area contributed by atoms with E-state index in [9.17, 15) is 17.9 Å². The molecule has 1 fully saturated rings. The van der Waals surface area contributed by atoms with Crippen LogP contribution in [-0.2, 0) is 10.0 Å². The summed E-state index contributed by atoms with van der Waals surface area (Å²) in [5, 5.41) is 10.3. The number of aliphatic hydroxyl groups excluding tert-OH is 1. The van der Waals surface area contributed by atoms with Crippen LogP contribution in [0.25, 0.3) is 0 Å². The van der Waals surface area contributed by atoms with Crippen LogP contribution in [0, 0.1) is 5.82 Å². The van der Waals surface area contributed by atoms with E-state index in [1.165, 1.54) is 10.4 Å². The number of β-amino-alcohol motifs (C(OH)–C–C–N with tert-alkyl or cyclic N) is 1. The molecular weight excluding hydrogens is 423 g/mol. The summed E-state index contributed by atoms with van der Waals surface area (Å²) in [4.78, 5) is 2.20. The number of hydrogen-bond donors (Lipinski definition) is 1. The average Bonchev–Trinajstić information content (AvgIpc) is 2.62. The van der Waals surface area contributed by atoms with Gasteiger partial charge in [-0.15, -0.1) is 0 Å². The normalized spacial score (nSPS) is 18.0. The Morgan fingerprint density at radius 1 is 1.08 bits per heavy atom. The van der Waals surface area contributed by atoms with Gasteiger partial charge in [0.05, 0.1) is 11.0 Å². The van der Waals surface area contributed by atoms with Crippen molar-refractivity contribution in [3.8, 4) is 0 Å². The van der Waals surface area contributed by atoms with Crippen molar-refractivity contribution >= 4 is 26.0 Å². The lowest BCUT2D eigenvalue weighted by atomic mass is 10.1. The van der Waals surface area contributed by atoms with E-state index in [-0.39, 0.29) is 17.0 Å². The third-order valence-electron chi connectivity index (χ3n) is 4.46. The van der Waals surface area contributed by atoms with E-state index in [2.05, 4.69) is 15.9 Å². The summed E-state index contributed by atoms with van der Waals surface area (Å²) in [6.07, 6.45) is -0.940. The lowest BCUT2D eigenvalue weighted by molar-refractivity contribution is 0.0898. The maximum Gasteiger partial charge on any atom is 0.243 e. The number of sulfonamides is 1. The SMILES string of the molecule is O=S(=O)(c1cccc(Br)c1)N1CCN(C[C@@H](O)c2ccccc2F)CC1. The van der Waals surface area contributed by atoms with Gasteiger partial charge in [0.25, 0.3) is 0 Å². The smallest absolute Gasteiger partial charge is 0.243 e. The van der Waals surface area contributed by atoms with E-state index < -0.39 is 21.9 Å². The highest BCUT2D eigenvalue weighted by Crippen LogP contribution is 2.22.